The zero-order valence-corrected chi connectivity index (χ0v) is 9.04. The number of carbonyl (C=O) groups is 1. The maximum atomic E-state index is 11.0. The van der Waals surface area contributed by atoms with E-state index < -0.39 is 0 Å². The monoisotopic (exact) mass is 210 g/mol. The van der Waals surface area contributed by atoms with Crippen LogP contribution in [-0.2, 0) is 4.79 Å². The van der Waals surface area contributed by atoms with Gasteiger partial charge in [-0.15, -0.1) is 0 Å². The van der Waals surface area contributed by atoms with E-state index in [0.29, 0.717) is 5.92 Å². The van der Waals surface area contributed by atoms with E-state index in [-0.39, 0.29) is 0 Å². The quantitative estimate of drug-likeness (QED) is 0.514. The number of carbonyl (C=O) groups excluding carboxylic acids is 1. The Balaban J connectivity index is 1.63. The summed E-state index contributed by atoms with van der Waals surface area (Å²) in [4.78, 5) is 11.0. The van der Waals surface area contributed by atoms with Gasteiger partial charge in [-0.1, -0.05) is 24.3 Å². The van der Waals surface area contributed by atoms with Gasteiger partial charge in [-0.25, -0.2) is 0 Å². The smallest absolute Gasteiger partial charge is 0.123 e. The molecule has 0 aromatic heterocycles. The summed E-state index contributed by atoms with van der Waals surface area (Å²) in [5.74, 6) is 5.34. The molecule has 80 valence electrons. The Bertz CT molecular complexity index is 465. The third-order valence-electron chi connectivity index (χ3n) is 5.91. The lowest BCUT2D eigenvalue weighted by molar-refractivity contribution is -0.109. The standard InChI is InChI=1S/C15H14O/c16-6-11-14-9-5-10(15(11)14)13-8-4-2-1-3-7(8)12(9)13/h1-4,6,9-15H,5H2/t9-,10+,11?,12+,13-,14+,15-. The molecule has 4 aliphatic carbocycles. The van der Waals surface area contributed by atoms with Crippen LogP contribution in [0.4, 0.5) is 0 Å². The zero-order valence-electron chi connectivity index (χ0n) is 9.04. The summed E-state index contributed by atoms with van der Waals surface area (Å²) >= 11 is 0. The number of aldehydes is 1. The van der Waals surface area contributed by atoms with E-state index in [1.165, 1.54) is 12.7 Å². The molecule has 3 saturated carbocycles. The van der Waals surface area contributed by atoms with Crippen molar-refractivity contribution in [1.29, 1.82) is 0 Å². The molecule has 1 nitrogen and oxygen atoms in total. The van der Waals surface area contributed by atoms with Gasteiger partial charge in [0.2, 0.25) is 0 Å². The predicted molar refractivity (Wildman–Crippen MR) is 60.1 cm³/mol. The van der Waals surface area contributed by atoms with E-state index in [2.05, 4.69) is 24.3 Å². The van der Waals surface area contributed by atoms with Crippen LogP contribution in [0.2, 0.25) is 0 Å². The minimum absolute atomic E-state index is 0.436. The van der Waals surface area contributed by atoms with Crippen molar-refractivity contribution < 1.29 is 4.79 Å². The largest absolute Gasteiger partial charge is 0.303 e. The number of fused-ring (bicyclic) bond motifs is 11. The van der Waals surface area contributed by atoms with E-state index in [1.807, 2.05) is 0 Å². The first-order chi connectivity index (χ1) is 7.92. The van der Waals surface area contributed by atoms with E-state index in [4.69, 9.17) is 0 Å². The first kappa shape index (κ1) is 8.05. The van der Waals surface area contributed by atoms with E-state index in [0.717, 1.165) is 35.5 Å². The molecule has 1 aromatic rings. The fraction of sp³-hybridized carbons (Fsp3) is 0.533. The number of benzene rings is 1. The molecule has 0 spiro atoms. The minimum Gasteiger partial charge on any atom is -0.303 e. The lowest BCUT2D eigenvalue weighted by Crippen LogP contribution is -2.30. The van der Waals surface area contributed by atoms with Gasteiger partial charge in [-0.05, 0) is 53.1 Å². The Kier molecular flexibility index (Phi) is 1.14. The normalized spacial score (nSPS) is 53.6. The van der Waals surface area contributed by atoms with Crippen LogP contribution in [0.25, 0.3) is 0 Å². The summed E-state index contributed by atoms with van der Waals surface area (Å²) in [7, 11) is 0. The Labute approximate surface area is 94.9 Å². The van der Waals surface area contributed by atoms with Crippen LogP contribution in [0, 0.1) is 29.6 Å². The van der Waals surface area contributed by atoms with Gasteiger partial charge in [0.1, 0.15) is 6.29 Å². The van der Waals surface area contributed by atoms with Gasteiger partial charge in [0.05, 0.1) is 0 Å². The van der Waals surface area contributed by atoms with Crippen molar-refractivity contribution in [2.45, 2.75) is 18.3 Å². The second kappa shape index (κ2) is 2.27. The molecular weight excluding hydrogens is 196 g/mol. The van der Waals surface area contributed by atoms with Crippen molar-refractivity contribution in [1.82, 2.24) is 0 Å². The average Bonchev–Trinajstić information content (AvgIpc) is 2.82. The fourth-order valence-electron chi connectivity index (χ4n) is 5.51. The van der Waals surface area contributed by atoms with Crippen LogP contribution in [-0.4, -0.2) is 6.29 Å². The number of rotatable bonds is 1. The maximum absolute atomic E-state index is 11.0. The minimum atomic E-state index is 0.436. The second-order valence-corrected chi connectivity index (χ2v) is 6.11. The Morgan fingerprint density at radius 3 is 2.06 bits per heavy atom. The van der Waals surface area contributed by atoms with Gasteiger partial charge in [0, 0.05) is 5.92 Å². The summed E-state index contributed by atoms with van der Waals surface area (Å²) < 4.78 is 0. The molecule has 5 rings (SSSR count). The highest BCUT2D eigenvalue weighted by atomic mass is 16.1. The highest BCUT2D eigenvalue weighted by Crippen LogP contribution is 2.79. The van der Waals surface area contributed by atoms with Crippen molar-refractivity contribution >= 4 is 6.29 Å². The van der Waals surface area contributed by atoms with Gasteiger partial charge in [-0.3, -0.25) is 0 Å². The molecule has 1 heteroatoms. The van der Waals surface area contributed by atoms with Crippen LogP contribution in [0.15, 0.2) is 24.3 Å². The second-order valence-electron chi connectivity index (χ2n) is 6.11. The molecule has 16 heavy (non-hydrogen) atoms. The topological polar surface area (TPSA) is 17.1 Å². The molecule has 0 aliphatic heterocycles. The van der Waals surface area contributed by atoms with Crippen molar-refractivity contribution in [2.24, 2.45) is 29.6 Å². The fourth-order valence-corrected chi connectivity index (χ4v) is 5.51. The predicted octanol–water partition coefficient (Wildman–Crippen LogP) is 2.58. The third-order valence-corrected chi connectivity index (χ3v) is 5.91. The molecule has 1 aromatic carbocycles. The van der Waals surface area contributed by atoms with Crippen molar-refractivity contribution in [3.63, 3.8) is 0 Å². The lowest BCUT2D eigenvalue weighted by atomic mass is 9.61. The molecule has 0 N–H and O–H groups in total. The maximum Gasteiger partial charge on any atom is 0.123 e. The molecule has 0 saturated heterocycles. The molecule has 0 amide bonds. The summed E-state index contributed by atoms with van der Waals surface area (Å²) in [5, 5.41) is 0. The van der Waals surface area contributed by atoms with Gasteiger partial charge < -0.3 is 4.79 Å². The summed E-state index contributed by atoms with van der Waals surface area (Å²) in [5.41, 5.74) is 3.21. The first-order valence-electron chi connectivity index (χ1n) is 6.46. The molecule has 4 aliphatic rings. The Morgan fingerprint density at radius 1 is 1.00 bits per heavy atom. The van der Waals surface area contributed by atoms with Crippen molar-refractivity contribution in [2.75, 3.05) is 0 Å². The first-order valence-corrected chi connectivity index (χ1v) is 6.46. The zero-order chi connectivity index (χ0) is 10.4. The van der Waals surface area contributed by atoms with Gasteiger partial charge in [-0.2, -0.15) is 0 Å². The van der Waals surface area contributed by atoms with E-state index in [9.17, 15) is 4.79 Å². The average molecular weight is 210 g/mol. The Hall–Kier alpha value is -1.11. The van der Waals surface area contributed by atoms with Gasteiger partial charge >= 0.3 is 0 Å². The van der Waals surface area contributed by atoms with Crippen LogP contribution in [0.5, 0.6) is 0 Å². The van der Waals surface area contributed by atoms with Gasteiger partial charge in [0.15, 0.2) is 0 Å². The molecule has 0 heterocycles. The van der Waals surface area contributed by atoms with Crippen LogP contribution in [0.3, 0.4) is 0 Å². The van der Waals surface area contributed by atoms with Crippen LogP contribution < -0.4 is 0 Å². The van der Waals surface area contributed by atoms with Gasteiger partial charge in [0.25, 0.3) is 0 Å². The Morgan fingerprint density at radius 2 is 1.56 bits per heavy atom. The third kappa shape index (κ3) is 0.627. The van der Waals surface area contributed by atoms with Crippen molar-refractivity contribution in [3.8, 4) is 0 Å². The summed E-state index contributed by atoms with van der Waals surface area (Å²) in [6.45, 7) is 0. The molecule has 3 fully saturated rings. The molecule has 1 unspecified atom stereocenters. The number of hydrogen-bond donors (Lipinski definition) is 0. The molecule has 7 atom stereocenters. The van der Waals surface area contributed by atoms with Crippen molar-refractivity contribution in [3.05, 3.63) is 35.4 Å². The number of hydrogen-bond acceptors (Lipinski definition) is 1. The summed E-state index contributed by atoms with van der Waals surface area (Å²) in [6.07, 6.45) is 2.65. The highest BCUT2D eigenvalue weighted by molar-refractivity contribution is 5.63. The highest BCUT2D eigenvalue weighted by Gasteiger charge is 2.73. The molecular formula is C15H14O. The van der Waals surface area contributed by atoms with E-state index >= 15 is 0 Å². The molecule has 0 radical (unpaired) electrons. The van der Waals surface area contributed by atoms with E-state index in [1.54, 1.807) is 11.1 Å². The SMILES string of the molecule is O=CC1[C@@H]2[C@@H]3C[C@@H]([C@H]4c5ccccc5[C@@H]34)[C@H]12. The summed E-state index contributed by atoms with van der Waals surface area (Å²) in [6, 6.07) is 8.96. The van der Waals surface area contributed by atoms with Crippen LogP contribution in [0.1, 0.15) is 29.4 Å². The molecule has 2 bridgehead atoms. The van der Waals surface area contributed by atoms with Crippen LogP contribution >= 0.6 is 0 Å². The lowest BCUT2D eigenvalue weighted by Gasteiger charge is -2.42.